The second-order valence-electron chi connectivity index (χ2n) is 6.75. The molecule has 1 aliphatic rings. The Morgan fingerprint density at radius 2 is 2.00 bits per heavy atom. The summed E-state index contributed by atoms with van der Waals surface area (Å²) in [6, 6.07) is 15.3. The van der Waals surface area contributed by atoms with Gasteiger partial charge in [-0.15, -0.1) is 0 Å². The smallest absolute Gasteiger partial charge is 0.238 e. The predicted molar refractivity (Wildman–Crippen MR) is 105 cm³/mol. The van der Waals surface area contributed by atoms with Gasteiger partial charge in [0.25, 0.3) is 0 Å². The Labute approximate surface area is 157 Å². The summed E-state index contributed by atoms with van der Waals surface area (Å²) in [7, 11) is 0. The molecule has 5 nitrogen and oxygen atoms in total. The summed E-state index contributed by atoms with van der Waals surface area (Å²) in [6.07, 6.45) is 2.01. The molecule has 3 aromatic rings. The van der Waals surface area contributed by atoms with E-state index in [2.05, 4.69) is 21.3 Å². The highest BCUT2D eigenvalue weighted by molar-refractivity contribution is 6.30. The molecule has 1 amide bonds. The van der Waals surface area contributed by atoms with E-state index >= 15 is 0 Å². The number of fused-ring (bicyclic) bond motifs is 1. The molecule has 26 heavy (non-hydrogen) atoms. The molecule has 2 heterocycles. The molecule has 0 unspecified atom stereocenters. The zero-order chi connectivity index (χ0) is 17.9. The molecule has 1 saturated heterocycles. The van der Waals surface area contributed by atoms with E-state index in [-0.39, 0.29) is 5.91 Å². The number of halogens is 1. The van der Waals surface area contributed by atoms with Crippen LogP contribution in [0.25, 0.3) is 11.0 Å². The van der Waals surface area contributed by atoms with Gasteiger partial charge in [-0.25, -0.2) is 4.98 Å². The SMILES string of the molecule is O=C(CN1CCC(c2nc3ccccc3[nH]2)CC1)Nc1cccc(Cl)c1. The van der Waals surface area contributed by atoms with Gasteiger partial charge in [-0.3, -0.25) is 9.69 Å². The summed E-state index contributed by atoms with van der Waals surface area (Å²) >= 11 is 5.95. The number of carbonyl (C=O) groups excluding carboxylic acids is 1. The average Bonchev–Trinajstić information content (AvgIpc) is 3.06. The molecule has 0 saturated carbocycles. The molecular weight excluding hydrogens is 348 g/mol. The van der Waals surface area contributed by atoms with E-state index in [1.54, 1.807) is 12.1 Å². The fraction of sp³-hybridized carbons (Fsp3) is 0.300. The monoisotopic (exact) mass is 368 g/mol. The number of hydrogen-bond acceptors (Lipinski definition) is 3. The first-order valence-corrected chi connectivity index (χ1v) is 9.27. The molecule has 2 N–H and O–H groups in total. The summed E-state index contributed by atoms with van der Waals surface area (Å²) in [6.45, 7) is 2.19. The third kappa shape index (κ3) is 3.89. The summed E-state index contributed by atoms with van der Waals surface area (Å²) in [5.74, 6) is 1.48. The number of amides is 1. The van der Waals surface area contributed by atoms with Crippen molar-refractivity contribution in [1.82, 2.24) is 14.9 Å². The van der Waals surface area contributed by atoms with Gasteiger partial charge >= 0.3 is 0 Å². The van der Waals surface area contributed by atoms with Gasteiger partial charge in [0.15, 0.2) is 0 Å². The lowest BCUT2D eigenvalue weighted by Gasteiger charge is -2.30. The fourth-order valence-corrected chi connectivity index (χ4v) is 3.69. The molecule has 2 aromatic carbocycles. The van der Waals surface area contributed by atoms with Crippen molar-refractivity contribution in [2.45, 2.75) is 18.8 Å². The van der Waals surface area contributed by atoms with Crippen LogP contribution in [0.1, 0.15) is 24.6 Å². The quantitative estimate of drug-likeness (QED) is 0.730. The zero-order valence-electron chi connectivity index (χ0n) is 14.4. The summed E-state index contributed by atoms with van der Waals surface area (Å²) in [4.78, 5) is 22.6. The van der Waals surface area contributed by atoms with Gasteiger partial charge < -0.3 is 10.3 Å². The molecule has 0 aliphatic carbocycles. The van der Waals surface area contributed by atoms with Crippen LogP contribution in [0.3, 0.4) is 0 Å². The highest BCUT2D eigenvalue weighted by atomic mass is 35.5. The van der Waals surface area contributed by atoms with E-state index in [9.17, 15) is 4.79 Å². The second-order valence-corrected chi connectivity index (χ2v) is 7.18. The maximum Gasteiger partial charge on any atom is 0.238 e. The van der Waals surface area contributed by atoms with Crippen molar-refractivity contribution < 1.29 is 4.79 Å². The van der Waals surface area contributed by atoms with Crippen molar-refractivity contribution in [3.05, 3.63) is 59.4 Å². The van der Waals surface area contributed by atoms with E-state index in [1.807, 2.05) is 30.3 Å². The summed E-state index contributed by atoms with van der Waals surface area (Å²) in [5.41, 5.74) is 2.84. The number of piperidine rings is 1. The maximum atomic E-state index is 12.2. The van der Waals surface area contributed by atoms with E-state index in [0.29, 0.717) is 17.5 Å². The number of anilines is 1. The third-order valence-electron chi connectivity index (χ3n) is 4.86. The van der Waals surface area contributed by atoms with Gasteiger partial charge in [-0.1, -0.05) is 29.8 Å². The number of nitrogens with zero attached hydrogens (tertiary/aromatic N) is 2. The first-order chi connectivity index (χ1) is 12.7. The van der Waals surface area contributed by atoms with Crippen LogP contribution in [-0.4, -0.2) is 40.4 Å². The van der Waals surface area contributed by atoms with Crippen LogP contribution in [0.15, 0.2) is 48.5 Å². The summed E-state index contributed by atoms with van der Waals surface area (Å²) < 4.78 is 0. The zero-order valence-corrected chi connectivity index (χ0v) is 15.2. The molecule has 4 rings (SSSR count). The van der Waals surface area contributed by atoms with Gasteiger partial charge in [0.05, 0.1) is 17.6 Å². The van der Waals surface area contributed by atoms with Crippen molar-refractivity contribution in [2.24, 2.45) is 0 Å². The first-order valence-electron chi connectivity index (χ1n) is 8.90. The number of likely N-dealkylation sites (tertiary alicyclic amines) is 1. The van der Waals surface area contributed by atoms with Crippen LogP contribution in [0.5, 0.6) is 0 Å². The largest absolute Gasteiger partial charge is 0.342 e. The Morgan fingerprint density at radius 1 is 1.19 bits per heavy atom. The number of rotatable bonds is 4. The number of aromatic nitrogens is 2. The minimum absolute atomic E-state index is 0.00514. The van der Waals surface area contributed by atoms with Crippen molar-refractivity contribution >= 4 is 34.2 Å². The lowest BCUT2D eigenvalue weighted by molar-refractivity contribution is -0.117. The number of carbonyl (C=O) groups is 1. The second kappa shape index (κ2) is 7.48. The fourth-order valence-electron chi connectivity index (χ4n) is 3.50. The molecule has 0 radical (unpaired) electrons. The summed E-state index contributed by atoms with van der Waals surface area (Å²) in [5, 5.41) is 3.53. The van der Waals surface area contributed by atoms with E-state index < -0.39 is 0 Å². The Kier molecular flexibility index (Phi) is 4.91. The lowest BCUT2D eigenvalue weighted by atomic mass is 9.96. The lowest BCUT2D eigenvalue weighted by Crippen LogP contribution is -2.38. The number of hydrogen-bond donors (Lipinski definition) is 2. The molecule has 1 fully saturated rings. The van der Waals surface area contributed by atoms with E-state index in [4.69, 9.17) is 16.6 Å². The highest BCUT2D eigenvalue weighted by Crippen LogP contribution is 2.27. The van der Waals surface area contributed by atoms with Gasteiger partial charge in [-0.05, 0) is 56.3 Å². The van der Waals surface area contributed by atoms with Crippen LogP contribution >= 0.6 is 11.6 Å². The van der Waals surface area contributed by atoms with Crippen LogP contribution in [0, 0.1) is 0 Å². The molecule has 0 spiro atoms. The van der Waals surface area contributed by atoms with Crippen LogP contribution in [-0.2, 0) is 4.79 Å². The first kappa shape index (κ1) is 17.1. The molecule has 1 aliphatic heterocycles. The Hall–Kier alpha value is -2.37. The van der Waals surface area contributed by atoms with Gasteiger partial charge in [-0.2, -0.15) is 0 Å². The minimum Gasteiger partial charge on any atom is -0.342 e. The maximum absolute atomic E-state index is 12.2. The topological polar surface area (TPSA) is 61.0 Å². The van der Waals surface area contributed by atoms with Gasteiger partial charge in [0.2, 0.25) is 5.91 Å². The van der Waals surface area contributed by atoms with Gasteiger partial charge in [0, 0.05) is 16.6 Å². The molecular formula is C20H21ClN4O. The van der Waals surface area contributed by atoms with Crippen LogP contribution < -0.4 is 5.32 Å². The number of benzene rings is 2. The predicted octanol–water partition coefficient (Wildman–Crippen LogP) is 4.03. The Bertz CT molecular complexity index is 882. The normalized spacial score (nSPS) is 16.0. The van der Waals surface area contributed by atoms with Crippen molar-refractivity contribution in [3.63, 3.8) is 0 Å². The molecule has 0 atom stereocenters. The molecule has 1 aromatic heterocycles. The Balaban J connectivity index is 1.31. The average molecular weight is 369 g/mol. The van der Waals surface area contributed by atoms with Crippen molar-refractivity contribution in [3.8, 4) is 0 Å². The van der Waals surface area contributed by atoms with Crippen LogP contribution in [0.2, 0.25) is 5.02 Å². The highest BCUT2D eigenvalue weighted by Gasteiger charge is 2.24. The van der Waals surface area contributed by atoms with E-state index in [0.717, 1.165) is 48.5 Å². The number of nitrogens with one attached hydrogen (secondary N) is 2. The number of aromatic amines is 1. The standard InChI is InChI=1S/C20H21ClN4O/c21-15-4-3-5-16(12-15)22-19(26)13-25-10-8-14(9-11-25)20-23-17-6-1-2-7-18(17)24-20/h1-7,12,14H,8-11,13H2,(H,22,26)(H,23,24). The van der Waals surface area contributed by atoms with Gasteiger partial charge in [0.1, 0.15) is 5.82 Å². The minimum atomic E-state index is -0.00514. The molecule has 0 bridgehead atoms. The Morgan fingerprint density at radius 3 is 2.77 bits per heavy atom. The van der Waals surface area contributed by atoms with Crippen molar-refractivity contribution in [1.29, 1.82) is 0 Å². The third-order valence-corrected chi connectivity index (χ3v) is 5.09. The number of H-pyrrole nitrogens is 1. The van der Waals surface area contributed by atoms with Crippen LogP contribution in [0.4, 0.5) is 5.69 Å². The molecule has 6 heteroatoms. The van der Waals surface area contributed by atoms with Crippen molar-refractivity contribution in [2.75, 3.05) is 25.0 Å². The number of para-hydroxylation sites is 2. The van der Waals surface area contributed by atoms with E-state index in [1.165, 1.54) is 0 Å². The number of imidazole rings is 1. The molecule has 134 valence electrons.